The molecule has 108 valence electrons. The monoisotopic (exact) mass is 349 g/mol. The lowest BCUT2D eigenvalue weighted by atomic mass is 10.1. The van der Waals surface area contributed by atoms with Crippen molar-refractivity contribution in [1.82, 2.24) is 14.3 Å². The van der Waals surface area contributed by atoms with Crippen molar-refractivity contribution in [2.45, 2.75) is 50.1 Å². The Morgan fingerprint density at radius 3 is 3.00 bits per heavy atom. The minimum Gasteiger partial charge on any atom is -0.332 e. The van der Waals surface area contributed by atoms with Crippen LogP contribution in [-0.2, 0) is 16.4 Å². The van der Waals surface area contributed by atoms with Gasteiger partial charge in [0.2, 0.25) is 0 Å². The van der Waals surface area contributed by atoms with Crippen LogP contribution in [-0.4, -0.2) is 40.6 Å². The zero-order chi connectivity index (χ0) is 13.9. The van der Waals surface area contributed by atoms with Crippen molar-refractivity contribution in [3.63, 3.8) is 0 Å². The highest BCUT2D eigenvalue weighted by molar-refractivity contribution is 9.09. The highest BCUT2D eigenvalue weighted by Crippen LogP contribution is 2.28. The zero-order valence-corrected chi connectivity index (χ0v) is 13.5. The molecule has 1 aliphatic rings. The summed E-state index contributed by atoms with van der Waals surface area (Å²) in [4.78, 5) is 7.00. The first-order chi connectivity index (χ1) is 9.09. The molecule has 2 rings (SSSR count). The van der Waals surface area contributed by atoms with E-state index in [0.29, 0.717) is 13.0 Å². The van der Waals surface area contributed by atoms with Gasteiger partial charge in [0.25, 0.3) is 10.0 Å². The minimum absolute atomic E-state index is 0.135. The summed E-state index contributed by atoms with van der Waals surface area (Å²) in [5.74, 6) is 0.717. The third-order valence-electron chi connectivity index (χ3n) is 3.52. The quantitative estimate of drug-likeness (QED) is 0.801. The van der Waals surface area contributed by atoms with Gasteiger partial charge in [0.05, 0.1) is 6.20 Å². The Morgan fingerprint density at radius 1 is 1.58 bits per heavy atom. The molecule has 2 heterocycles. The molecular weight excluding hydrogens is 330 g/mol. The number of aromatic amines is 1. The average Bonchev–Trinajstić information content (AvgIpc) is 3.05. The van der Waals surface area contributed by atoms with Gasteiger partial charge in [0.1, 0.15) is 5.82 Å². The van der Waals surface area contributed by atoms with Gasteiger partial charge in [0, 0.05) is 24.3 Å². The zero-order valence-electron chi connectivity index (χ0n) is 11.1. The number of nitrogens with zero attached hydrogens (tertiary/aromatic N) is 2. The molecule has 0 aromatic carbocycles. The number of aryl methyl sites for hydroxylation is 1. The van der Waals surface area contributed by atoms with Crippen LogP contribution < -0.4 is 0 Å². The van der Waals surface area contributed by atoms with Gasteiger partial charge in [0.15, 0.2) is 5.03 Å². The summed E-state index contributed by atoms with van der Waals surface area (Å²) < 4.78 is 26.8. The Morgan fingerprint density at radius 2 is 2.37 bits per heavy atom. The SMILES string of the molecule is CCc1ncc(S(=O)(=O)N2CCCC2CCCBr)[nH]1. The van der Waals surface area contributed by atoms with Crippen LogP contribution in [0.15, 0.2) is 11.2 Å². The van der Waals surface area contributed by atoms with Gasteiger partial charge in [-0.1, -0.05) is 22.9 Å². The normalized spacial score (nSPS) is 21.1. The Balaban J connectivity index is 2.18. The van der Waals surface area contributed by atoms with Gasteiger partial charge < -0.3 is 4.98 Å². The van der Waals surface area contributed by atoms with Crippen LogP contribution in [0.3, 0.4) is 0 Å². The van der Waals surface area contributed by atoms with Crippen LogP contribution in [0, 0.1) is 0 Å². The molecule has 7 heteroatoms. The molecule has 1 aliphatic heterocycles. The smallest absolute Gasteiger partial charge is 0.260 e. The molecule has 19 heavy (non-hydrogen) atoms. The van der Waals surface area contributed by atoms with Crippen molar-refractivity contribution in [3.8, 4) is 0 Å². The maximum Gasteiger partial charge on any atom is 0.260 e. The molecule has 1 aromatic rings. The van der Waals surface area contributed by atoms with E-state index < -0.39 is 10.0 Å². The molecule has 0 aliphatic carbocycles. The Hall–Kier alpha value is -0.400. The summed E-state index contributed by atoms with van der Waals surface area (Å²) in [5.41, 5.74) is 0. The van der Waals surface area contributed by atoms with E-state index in [1.807, 2.05) is 6.92 Å². The fraction of sp³-hybridized carbons (Fsp3) is 0.750. The lowest BCUT2D eigenvalue weighted by Crippen LogP contribution is -2.35. The molecule has 0 radical (unpaired) electrons. The molecule has 1 saturated heterocycles. The predicted octanol–water partition coefficient (Wildman–Crippen LogP) is 2.30. The van der Waals surface area contributed by atoms with E-state index in [1.54, 1.807) is 4.31 Å². The first-order valence-corrected chi connectivity index (χ1v) is 9.27. The predicted molar refractivity (Wildman–Crippen MR) is 77.9 cm³/mol. The van der Waals surface area contributed by atoms with E-state index >= 15 is 0 Å². The van der Waals surface area contributed by atoms with Crippen molar-refractivity contribution in [2.24, 2.45) is 0 Å². The summed E-state index contributed by atoms with van der Waals surface area (Å²) in [6.45, 7) is 2.57. The van der Waals surface area contributed by atoms with Crippen LogP contribution in [0.2, 0.25) is 0 Å². The molecule has 0 saturated carbocycles. The van der Waals surface area contributed by atoms with Gasteiger partial charge in [-0.2, -0.15) is 4.31 Å². The van der Waals surface area contributed by atoms with E-state index in [0.717, 1.165) is 36.8 Å². The van der Waals surface area contributed by atoms with Gasteiger partial charge in [-0.3, -0.25) is 0 Å². The second kappa shape index (κ2) is 6.37. The van der Waals surface area contributed by atoms with E-state index in [9.17, 15) is 8.42 Å². The van der Waals surface area contributed by atoms with Crippen molar-refractivity contribution < 1.29 is 8.42 Å². The highest BCUT2D eigenvalue weighted by Gasteiger charge is 2.35. The molecule has 1 unspecified atom stereocenters. The number of imidazole rings is 1. The molecule has 1 fully saturated rings. The van der Waals surface area contributed by atoms with Crippen molar-refractivity contribution in [2.75, 3.05) is 11.9 Å². The standard InChI is InChI=1S/C12H20BrN3O2S/c1-2-11-14-9-12(15-11)19(17,18)16-8-4-6-10(16)5-3-7-13/h9-10H,2-8H2,1H3,(H,14,15). The average molecular weight is 350 g/mol. The molecule has 0 amide bonds. The number of aromatic nitrogens is 2. The van der Waals surface area contributed by atoms with Crippen LogP contribution >= 0.6 is 15.9 Å². The molecule has 0 spiro atoms. The highest BCUT2D eigenvalue weighted by atomic mass is 79.9. The third-order valence-corrected chi connectivity index (χ3v) is 5.94. The molecule has 1 N–H and O–H groups in total. The largest absolute Gasteiger partial charge is 0.332 e. The van der Waals surface area contributed by atoms with Crippen LogP contribution in [0.4, 0.5) is 0 Å². The Bertz CT molecular complexity index is 515. The number of H-pyrrole nitrogens is 1. The van der Waals surface area contributed by atoms with Crippen molar-refractivity contribution in [1.29, 1.82) is 0 Å². The third kappa shape index (κ3) is 3.20. The number of hydrogen-bond acceptors (Lipinski definition) is 3. The summed E-state index contributed by atoms with van der Waals surface area (Å²) in [7, 11) is -3.41. The van der Waals surface area contributed by atoms with Crippen molar-refractivity contribution in [3.05, 3.63) is 12.0 Å². The molecule has 1 atom stereocenters. The molecule has 5 nitrogen and oxygen atoms in total. The maximum atomic E-state index is 12.6. The van der Waals surface area contributed by atoms with Gasteiger partial charge in [-0.15, -0.1) is 0 Å². The van der Waals surface area contributed by atoms with E-state index in [-0.39, 0.29) is 11.1 Å². The van der Waals surface area contributed by atoms with Crippen molar-refractivity contribution >= 4 is 26.0 Å². The molecule has 0 bridgehead atoms. The topological polar surface area (TPSA) is 66.1 Å². The number of halogens is 1. The first-order valence-electron chi connectivity index (χ1n) is 6.71. The summed E-state index contributed by atoms with van der Waals surface area (Å²) in [6.07, 6.45) is 5.97. The number of alkyl halides is 1. The number of nitrogens with one attached hydrogen (secondary N) is 1. The Labute approximate surface area is 123 Å². The van der Waals surface area contributed by atoms with Crippen LogP contribution in [0.1, 0.15) is 38.4 Å². The van der Waals surface area contributed by atoms with Gasteiger partial charge in [-0.05, 0) is 25.7 Å². The van der Waals surface area contributed by atoms with Crippen LogP contribution in [0.25, 0.3) is 0 Å². The number of hydrogen-bond donors (Lipinski definition) is 1. The van der Waals surface area contributed by atoms with Gasteiger partial charge in [-0.25, -0.2) is 13.4 Å². The van der Waals surface area contributed by atoms with Gasteiger partial charge >= 0.3 is 0 Å². The lowest BCUT2D eigenvalue weighted by Gasteiger charge is -2.22. The lowest BCUT2D eigenvalue weighted by molar-refractivity contribution is 0.368. The number of rotatable bonds is 6. The minimum atomic E-state index is -3.41. The second-order valence-corrected chi connectivity index (χ2v) is 7.44. The summed E-state index contributed by atoms with van der Waals surface area (Å²) in [6, 6.07) is 0.135. The first kappa shape index (κ1) is 15.0. The molecule has 1 aromatic heterocycles. The van der Waals surface area contributed by atoms with E-state index in [2.05, 4.69) is 25.9 Å². The summed E-state index contributed by atoms with van der Waals surface area (Å²) >= 11 is 3.40. The maximum absolute atomic E-state index is 12.6. The number of sulfonamides is 1. The second-order valence-electron chi connectivity index (χ2n) is 4.79. The fourth-order valence-corrected chi connectivity index (χ4v) is 4.49. The van der Waals surface area contributed by atoms with E-state index in [4.69, 9.17) is 0 Å². The summed E-state index contributed by atoms with van der Waals surface area (Å²) in [5, 5.41) is 1.15. The van der Waals surface area contributed by atoms with E-state index in [1.165, 1.54) is 6.20 Å². The van der Waals surface area contributed by atoms with Crippen LogP contribution in [0.5, 0.6) is 0 Å². The Kier molecular flexibility index (Phi) is 5.03. The molecular formula is C12H20BrN3O2S. The fourth-order valence-electron chi connectivity index (χ4n) is 2.51.